The molecule has 140 valence electrons. The average molecular weight is 405 g/mol. The summed E-state index contributed by atoms with van der Waals surface area (Å²) in [5.41, 5.74) is 0.988. The Kier molecular flexibility index (Phi) is 5.08. The van der Waals surface area contributed by atoms with Gasteiger partial charge < -0.3 is 20.1 Å². The lowest BCUT2D eigenvalue weighted by Crippen LogP contribution is -2.16. The van der Waals surface area contributed by atoms with Crippen molar-refractivity contribution in [1.82, 2.24) is 4.98 Å². The minimum Gasteiger partial charge on any atom is -0.497 e. The summed E-state index contributed by atoms with van der Waals surface area (Å²) >= 11 is 5.08. The number of primary sulfonamides is 1. The van der Waals surface area contributed by atoms with Crippen molar-refractivity contribution in [2.24, 2.45) is 15.4 Å². The minimum atomic E-state index is -3.93. The van der Waals surface area contributed by atoms with Gasteiger partial charge >= 0.3 is 0 Å². The predicted molar refractivity (Wildman–Crippen MR) is 105 cm³/mol. The van der Waals surface area contributed by atoms with Gasteiger partial charge in [-0.1, -0.05) is 12.1 Å². The van der Waals surface area contributed by atoms with Crippen LogP contribution in [0.15, 0.2) is 57.6 Å². The molecule has 3 rings (SSSR count). The number of nitrogens with zero attached hydrogens (tertiary/aromatic N) is 2. The van der Waals surface area contributed by atoms with Crippen molar-refractivity contribution < 1.29 is 18.3 Å². The van der Waals surface area contributed by atoms with Gasteiger partial charge in [0, 0.05) is 5.39 Å². The number of sulfonamides is 1. The Labute approximate surface area is 159 Å². The van der Waals surface area contributed by atoms with Crippen molar-refractivity contribution in [3.63, 3.8) is 0 Å². The number of para-hydroxylation sites is 1. The summed E-state index contributed by atoms with van der Waals surface area (Å²) in [6, 6.07) is 11.1. The number of aromatic nitrogens is 1. The SMILES string of the molecule is COc1ccc2[nH]c(O)c(N=NC(=S)Nc3ccccc3S(N)(=O)=O)c2c1. The topological polar surface area (TPSA) is 142 Å². The van der Waals surface area contributed by atoms with Gasteiger partial charge in [-0.15, -0.1) is 10.2 Å². The van der Waals surface area contributed by atoms with Crippen LogP contribution in [0.25, 0.3) is 10.9 Å². The summed E-state index contributed by atoms with van der Waals surface area (Å²) in [5.74, 6) is 0.399. The molecule has 2 aromatic carbocycles. The number of ether oxygens (including phenoxy) is 1. The number of aromatic hydroxyl groups is 1. The molecule has 1 aromatic heterocycles. The highest BCUT2D eigenvalue weighted by atomic mass is 32.2. The van der Waals surface area contributed by atoms with E-state index in [0.29, 0.717) is 16.7 Å². The third kappa shape index (κ3) is 4.05. The molecule has 0 unspecified atom stereocenters. The molecule has 0 radical (unpaired) electrons. The molecule has 3 aromatic rings. The number of fused-ring (bicyclic) bond motifs is 1. The van der Waals surface area contributed by atoms with E-state index in [4.69, 9.17) is 22.1 Å². The highest BCUT2D eigenvalue weighted by Crippen LogP contribution is 2.37. The van der Waals surface area contributed by atoms with E-state index < -0.39 is 10.0 Å². The maximum atomic E-state index is 11.6. The molecule has 0 aliphatic carbocycles. The standard InChI is InChI=1S/C16H15N5O4S2/c1-25-9-6-7-11-10(8-9)14(15(22)18-11)20-21-16(26)19-12-4-2-3-5-13(12)27(17,23)24/h2-8,18,22H,1H3,(H,19,26)(H2,17,23,24). The van der Waals surface area contributed by atoms with Gasteiger partial charge in [0.05, 0.1) is 18.3 Å². The molecule has 0 aliphatic heterocycles. The summed E-state index contributed by atoms with van der Waals surface area (Å²) in [6.45, 7) is 0. The number of H-pyrrole nitrogens is 1. The molecule has 0 spiro atoms. The number of aromatic amines is 1. The summed E-state index contributed by atoms with van der Waals surface area (Å²) in [7, 11) is -2.41. The van der Waals surface area contributed by atoms with Crippen molar-refractivity contribution in [2.75, 3.05) is 12.4 Å². The van der Waals surface area contributed by atoms with Crippen LogP contribution in [0.5, 0.6) is 11.6 Å². The third-order valence-corrected chi connectivity index (χ3v) is 4.79. The van der Waals surface area contributed by atoms with Crippen LogP contribution in [0.4, 0.5) is 11.4 Å². The van der Waals surface area contributed by atoms with Crippen LogP contribution in [-0.4, -0.2) is 30.7 Å². The van der Waals surface area contributed by atoms with Crippen molar-refractivity contribution in [3.8, 4) is 11.6 Å². The first-order chi connectivity index (χ1) is 12.8. The van der Waals surface area contributed by atoms with Crippen LogP contribution in [0.2, 0.25) is 0 Å². The fourth-order valence-corrected chi connectivity index (χ4v) is 3.27. The molecular weight excluding hydrogens is 390 g/mol. The summed E-state index contributed by atoms with van der Waals surface area (Å²) in [5, 5.41) is 26.2. The molecule has 5 N–H and O–H groups in total. The fraction of sp³-hybridized carbons (Fsp3) is 0.0625. The lowest BCUT2D eigenvalue weighted by molar-refractivity contribution is 0.415. The van der Waals surface area contributed by atoms with E-state index >= 15 is 0 Å². The van der Waals surface area contributed by atoms with Gasteiger partial charge in [-0.05, 0) is 42.5 Å². The van der Waals surface area contributed by atoms with Crippen LogP contribution < -0.4 is 15.2 Å². The van der Waals surface area contributed by atoms with Gasteiger partial charge in [0.2, 0.25) is 21.0 Å². The number of methoxy groups -OCH3 is 1. The summed E-state index contributed by atoms with van der Waals surface area (Å²) < 4.78 is 28.4. The molecule has 0 atom stereocenters. The highest BCUT2D eigenvalue weighted by molar-refractivity contribution is 7.89. The second-order valence-electron chi connectivity index (χ2n) is 5.41. The van der Waals surface area contributed by atoms with Crippen molar-refractivity contribution in [1.29, 1.82) is 0 Å². The minimum absolute atomic E-state index is 0.109. The zero-order valence-corrected chi connectivity index (χ0v) is 15.6. The maximum absolute atomic E-state index is 11.6. The second-order valence-corrected chi connectivity index (χ2v) is 7.32. The van der Waals surface area contributed by atoms with Crippen LogP contribution in [0.3, 0.4) is 0 Å². The van der Waals surface area contributed by atoms with E-state index in [1.807, 2.05) is 0 Å². The largest absolute Gasteiger partial charge is 0.497 e. The van der Waals surface area contributed by atoms with Gasteiger partial charge in [0.25, 0.3) is 0 Å². The third-order valence-electron chi connectivity index (χ3n) is 3.64. The molecule has 11 heteroatoms. The first-order valence-electron chi connectivity index (χ1n) is 7.53. The molecule has 1 heterocycles. The maximum Gasteiger partial charge on any atom is 0.240 e. The molecule has 9 nitrogen and oxygen atoms in total. The quantitative estimate of drug-likeness (QED) is 0.388. The monoisotopic (exact) mass is 405 g/mol. The Balaban J connectivity index is 1.89. The lowest BCUT2D eigenvalue weighted by atomic mass is 10.2. The highest BCUT2D eigenvalue weighted by Gasteiger charge is 2.15. The Morgan fingerprint density at radius 2 is 2.04 bits per heavy atom. The second kappa shape index (κ2) is 7.31. The molecule has 0 saturated heterocycles. The molecular formula is C16H15N5O4S2. The average Bonchev–Trinajstić information content (AvgIpc) is 2.93. The number of rotatable bonds is 4. The van der Waals surface area contributed by atoms with Gasteiger partial charge in [0.15, 0.2) is 5.69 Å². The molecule has 0 fully saturated rings. The number of anilines is 1. The lowest BCUT2D eigenvalue weighted by Gasteiger charge is -2.08. The van der Waals surface area contributed by atoms with E-state index in [1.165, 1.54) is 25.3 Å². The molecule has 0 amide bonds. The van der Waals surface area contributed by atoms with E-state index in [-0.39, 0.29) is 27.3 Å². The van der Waals surface area contributed by atoms with Crippen LogP contribution >= 0.6 is 12.2 Å². The molecule has 0 bridgehead atoms. The fourth-order valence-electron chi connectivity index (χ4n) is 2.42. The number of nitrogens with one attached hydrogen (secondary N) is 2. The van der Waals surface area contributed by atoms with Gasteiger partial charge in [0.1, 0.15) is 10.6 Å². The summed E-state index contributed by atoms with van der Waals surface area (Å²) in [4.78, 5) is 2.64. The number of hydrogen-bond donors (Lipinski definition) is 4. The van der Waals surface area contributed by atoms with E-state index in [1.54, 1.807) is 24.3 Å². The number of nitrogens with two attached hydrogens (primary N) is 1. The zero-order chi connectivity index (χ0) is 19.6. The Morgan fingerprint density at radius 1 is 1.30 bits per heavy atom. The first-order valence-corrected chi connectivity index (χ1v) is 9.48. The zero-order valence-electron chi connectivity index (χ0n) is 14.0. The molecule has 0 saturated carbocycles. The first kappa shape index (κ1) is 18.8. The van der Waals surface area contributed by atoms with Crippen molar-refractivity contribution in [3.05, 3.63) is 42.5 Å². The van der Waals surface area contributed by atoms with E-state index in [2.05, 4.69) is 20.5 Å². The number of azo groups is 1. The van der Waals surface area contributed by atoms with E-state index in [9.17, 15) is 13.5 Å². The van der Waals surface area contributed by atoms with Crippen molar-refractivity contribution >= 4 is 49.6 Å². The smallest absolute Gasteiger partial charge is 0.240 e. The number of thiocarbonyl (C=S) groups is 1. The van der Waals surface area contributed by atoms with Crippen LogP contribution in [0.1, 0.15) is 0 Å². The van der Waals surface area contributed by atoms with Gasteiger partial charge in [-0.25, -0.2) is 13.6 Å². The Morgan fingerprint density at radius 3 is 2.74 bits per heavy atom. The van der Waals surface area contributed by atoms with E-state index in [0.717, 1.165) is 0 Å². The number of benzene rings is 2. The van der Waals surface area contributed by atoms with Crippen LogP contribution in [0, 0.1) is 0 Å². The predicted octanol–water partition coefficient (Wildman–Crippen LogP) is 3.01. The van der Waals surface area contributed by atoms with Gasteiger partial charge in [-0.2, -0.15) is 0 Å². The number of hydrogen-bond acceptors (Lipinski definition) is 6. The van der Waals surface area contributed by atoms with Gasteiger partial charge in [-0.3, -0.25) is 0 Å². The molecule has 27 heavy (non-hydrogen) atoms. The van der Waals surface area contributed by atoms with Crippen molar-refractivity contribution in [2.45, 2.75) is 4.90 Å². The Hall–Kier alpha value is -3.02. The molecule has 0 aliphatic rings. The summed E-state index contributed by atoms with van der Waals surface area (Å²) in [6.07, 6.45) is 0. The van der Waals surface area contributed by atoms with Crippen LogP contribution in [-0.2, 0) is 10.0 Å². The Bertz CT molecular complexity index is 1150. The normalized spacial score (nSPS) is 11.8.